The number of anilines is 2. The SMILES string of the molecule is CC(=O)c1cc(Br)ccc1N(C)c1ccc(F)cc1. The molecule has 2 aromatic rings. The lowest BCUT2D eigenvalue weighted by Crippen LogP contribution is -2.13. The Morgan fingerprint density at radius 2 is 1.79 bits per heavy atom. The predicted molar refractivity (Wildman–Crippen MR) is 78.6 cm³/mol. The molecule has 0 saturated carbocycles. The Kier molecular flexibility index (Phi) is 4.00. The van der Waals surface area contributed by atoms with Crippen LogP contribution in [0, 0.1) is 5.82 Å². The molecule has 2 nitrogen and oxygen atoms in total. The Hall–Kier alpha value is -1.68. The van der Waals surface area contributed by atoms with Gasteiger partial charge in [0.1, 0.15) is 5.82 Å². The molecule has 0 aromatic heterocycles. The van der Waals surface area contributed by atoms with Crippen LogP contribution in [-0.2, 0) is 0 Å². The number of Topliss-reactive ketones (excluding diaryl/α,β-unsaturated/α-hetero) is 1. The zero-order valence-corrected chi connectivity index (χ0v) is 12.2. The summed E-state index contributed by atoms with van der Waals surface area (Å²) in [4.78, 5) is 13.6. The molecular weight excluding hydrogens is 309 g/mol. The molecule has 0 unspecified atom stereocenters. The summed E-state index contributed by atoms with van der Waals surface area (Å²) >= 11 is 3.36. The van der Waals surface area contributed by atoms with E-state index in [0.29, 0.717) is 5.56 Å². The second-order valence-corrected chi connectivity index (χ2v) is 5.17. The van der Waals surface area contributed by atoms with Crippen molar-refractivity contribution in [3.8, 4) is 0 Å². The molecule has 0 atom stereocenters. The van der Waals surface area contributed by atoms with Gasteiger partial charge < -0.3 is 4.90 Å². The second-order valence-electron chi connectivity index (χ2n) is 4.25. The molecule has 19 heavy (non-hydrogen) atoms. The molecule has 0 aliphatic rings. The lowest BCUT2D eigenvalue weighted by Gasteiger charge is -2.22. The molecule has 0 aliphatic carbocycles. The molecule has 0 heterocycles. The largest absolute Gasteiger partial charge is 0.344 e. The van der Waals surface area contributed by atoms with Gasteiger partial charge in [-0.3, -0.25) is 4.79 Å². The Labute approximate surface area is 120 Å². The maximum Gasteiger partial charge on any atom is 0.161 e. The third kappa shape index (κ3) is 3.01. The molecule has 0 amide bonds. The van der Waals surface area contributed by atoms with E-state index in [9.17, 15) is 9.18 Å². The van der Waals surface area contributed by atoms with Gasteiger partial charge in [0.2, 0.25) is 0 Å². The number of halogens is 2. The van der Waals surface area contributed by atoms with Crippen LogP contribution in [-0.4, -0.2) is 12.8 Å². The monoisotopic (exact) mass is 321 g/mol. The van der Waals surface area contributed by atoms with Gasteiger partial charge in [-0.15, -0.1) is 0 Å². The van der Waals surface area contributed by atoms with Crippen molar-refractivity contribution < 1.29 is 9.18 Å². The van der Waals surface area contributed by atoms with Crippen molar-refractivity contribution in [3.63, 3.8) is 0 Å². The third-order valence-electron chi connectivity index (χ3n) is 2.91. The summed E-state index contributed by atoms with van der Waals surface area (Å²) in [7, 11) is 1.85. The summed E-state index contributed by atoms with van der Waals surface area (Å²) in [5.74, 6) is -0.287. The standard InChI is InChI=1S/C15H13BrFNO/c1-10(19)14-9-11(16)3-8-15(14)18(2)13-6-4-12(17)5-7-13/h3-9H,1-2H3. The average Bonchev–Trinajstić information content (AvgIpc) is 2.38. The van der Waals surface area contributed by atoms with Gasteiger partial charge in [-0.05, 0) is 49.4 Å². The zero-order valence-electron chi connectivity index (χ0n) is 10.7. The van der Waals surface area contributed by atoms with Crippen molar-refractivity contribution in [2.45, 2.75) is 6.92 Å². The van der Waals surface area contributed by atoms with Gasteiger partial charge in [-0.2, -0.15) is 0 Å². The normalized spacial score (nSPS) is 10.3. The maximum absolute atomic E-state index is 12.9. The van der Waals surface area contributed by atoms with E-state index in [1.165, 1.54) is 19.1 Å². The number of hydrogen-bond donors (Lipinski definition) is 0. The quantitative estimate of drug-likeness (QED) is 0.772. The van der Waals surface area contributed by atoms with Gasteiger partial charge in [0.25, 0.3) is 0 Å². The number of hydrogen-bond acceptors (Lipinski definition) is 2. The van der Waals surface area contributed by atoms with Gasteiger partial charge >= 0.3 is 0 Å². The van der Waals surface area contributed by atoms with Crippen LogP contribution in [0.3, 0.4) is 0 Å². The van der Waals surface area contributed by atoms with Gasteiger partial charge in [0, 0.05) is 22.8 Å². The predicted octanol–water partition coefficient (Wildman–Crippen LogP) is 4.56. The van der Waals surface area contributed by atoms with E-state index in [4.69, 9.17) is 0 Å². The molecule has 0 N–H and O–H groups in total. The molecule has 4 heteroatoms. The highest BCUT2D eigenvalue weighted by atomic mass is 79.9. The lowest BCUT2D eigenvalue weighted by molar-refractivity contribution is 0.101. The molecular formula is C15H13BrFNO. The summed E-state index contributed by atoms with van der Waals surface area (Å²) in [6.07, 6.45) is 0. The van der Waals surface area contributed by atoms with E-state index >= 15 is 0 Å². The maximum atomic E-state index is 12.9. The minimum atomic E-state index is -0.278. The van der Waals surface area contributed by atoms with E-state index < -0.39 is 0 Å². The molecule has 0 aliphatic heterocycles. The van der Waals surface area contributed by atoms with Gasteiger partial charge in [-0.1, -0.05) is 15.9 Å². The Morgan fingerprint density at radius 3 is 2.37 bits per heavy atom. The Morgan fingerprint density at radius 1 is 1.16 bits per heavy atom. The molecule has 0 radical (unpaired) electrons. The van der Waals surface area contributed by atoms with E-state index in [0.717, 1.165) is 15.8 Å². The fourth-order valence-corrected chi connectivity index (χ4v) is 2.25. The zero-order chi connectivity index (χ0) is 14.0. The summed E-state index contributed by atoms with van der Waals surface area (Å²) in [5, 5.41) is 0. The van der Waals surface area contributed by atoms with Crippen molar-refractivity contribution in [2.24, 2.45) is 0 Å². The van der Waals surface area contributed by atoms with E-state index in [2.05, 4.69) is 15.9 Å². The molecule has 0 bridgehead atoms. The van der Waals surface area contributed by atoms with Crippen molar-refractivity contribution in [1.82, 2.24) is 0 Å². The fraction of sp³-hybridized carbons (Fsp3) is 0.133. The van der Waals surface area contributed by atoms with E-state index in [-0.39, 0.29) is 11.6 Å². The fourth-order valence-electron chi connectivity index (χ4n) is 1.89. The summed E-state index contributed by atoms with van der Waals surface area (Å²) in [6.45, 7) is 1.53. The Balaban J connectivity index is 2.46. The molecule has 0 spiro atoms. The van der Waals surface area contributed by atoms with Crippen LogP contribution in [0.25, 0.3) is 0 Å². The summed E-state index contributed by atoms with van der Waals surface area (Å²) < 4.78 is 13.8. The number of carbonyl (C=O) groups excluding carboxylic acids is 1. The smallest absolute Gasteiger partial charge is 0.161 e. The number of nitrogens with zero attached hydrogens (tertiary/aromatic N) is 1. The van der Waals surface area contributed by atoms with Crippen LogP contribution in [0.4, 0.5) is 15.8 Å². The van der Waals surface area contributed by atoms with Crippen molar-refractivity contribution >= 4 is 33.1 Å². The Bertz CT molecular complexity index is 610. The van der Waals surface area contributed by atoms with Gasteiger partial charge in [0.15, 0.2) is 5.78 Å². The van der Waals surface area contributed by atoms with E-state index in [1.54, 1.807) is 18.2 Å². The molecule has 2 rings (SSSR count). The highest BCUT2D eigenvalue weighted by Crippen LogP contribution is 2.29. The highest BCUT2D eigenvalue weighted by Gasteiger charge is 2.13. The first kappa shape index (κ1) is 13.7. The number of ketones is 1. The number of carbonyl (C=O) groups is 1. The van der Waals surface area contributed by atoms with Crippen LogP contribution < -0.4 is 4.90 Å². The number of rotatable bonds is 3. The summed E-state index contributed by atoms with van der Waals surface area (Å²) in [6, 6.07) is 11.7. The van der Waals surface area contributed by atoms with Crippen LogP contribution in [0.5, 0.6) is 0 Å². The van der Waals surface area contributed by atoms with Gasteiger partial charge in [0.05, 0.1) is 5.69 Å². The van der Waals surface area contributed by atoms with E-state index in [1.807, 2.05) is 24.1 Å². The number of benzene rings is 2. The van der Waals surface area contributed by atoms with Crippen molar-refractivity contribution in [3.05, 3.63) is 58.3 Å². The molecule has 0 fully saturated rings. The van der Waals surface area contributed by atoms with Gasteiger partial charge in [-0.25, -0.2) is 4.39 Å². The molecule has 2 aromatic carbocycles. The van der Waals surface area contributed by atoms with Crippen molar-refractivity contribution in [2.75, 3.05) is 11.9 Å². The topological polar surface area (TPSA) is 20.3 Å². The van der Waals surface area contributed by atoms with Crippen molar-refractivity contribution in [1.29, 1.82) is 0 Å². The first-order chi connectivity index (χ1) is 8.99. The van der Waals surface area contributed by atoms with Crippen LogP contribution >= 0.6 is 15.9 Å². The third-order valence-corrected chi connectivity index (χ3v) is 3.41. The lowest BCUT2D eigenvalue weighted by atomic mass is 10.1. The minimum Gasteiger partial charge on any atom is -0.344 e. The highest BCUT2D eigenvalue weighted by molar-refractivity contribution is 9.10. The van der Waals surface area contributed by atoms with Crippen LogP contribution in [0.2, 0.25) is 0 Å². The second kappa shape index (κ2) is 5.53. The minimum absolute atomic E-state index is 0.00902. The van der Waals surface area contributed by atoms with Crippen LogP contribution in [0.15, 0.2) is 46.9 Å². The molecule has 98 valence electrons. The van der Waals surface area contributed by atoms with Crippen LogP contribution in [0.1, 0.15) is 17.3 Å². The first-order valence-corrected chi connectivity index (χ1v) is 6.58. The first-order valence-electron chi connectivity index (χ1n) is 5.79. The molecule has 0 saturated heterocycles. The average molecular weight is 322 g/mol. The summed E-state index contributed by atoms with van der Waals surface area (Å²) in [5.41, 5.74) is 2.25.